The first-order chi connectivity index (χ1) is 7.83. The minimum absolute atomic E-state index is 0.0248. The average Bonchev–Trinajstić information content (AvgIpc) is 2.94. The van der Waals surface area contributed by atoms with E-state index in [1.807, 2.05) is 0 Å². The topological polar surface area (TPSA) is 64.6 Å². The van der Waals surface area contributed by atoms with Crippen molar-refractivity contribution in [3.8, 4) is 0 Å². The highest BCUT2D eigenvalue weighted by Crippen LogP contribution is 2.33. The third-order valence-electron chi connectivity index (χ3n) is 2.40. The summed E-state index contributed by atoms with van der Waals surface area (Å²) in [5.74, 6) is 0.144. The van der Waals surface area contributed by atoms with Gasteiger partial charge in [0.2, 0.25) is 0 Å². The van der Waals surface area contributed by atoms with Crippen LogP contribution in [-0.4, -0.2) is 37.2 Å². The van der Waals surface area contributed by atoms with Crippen molar-refractivity contribution in [2.24, 2.45) is 5.92 Å². The van der Waals surface area contributed by atoms with E-state index in [0.717, 1.165) is 12.8 Å². The summed E-state index contributed by atoms with van der Waals surface area (Å²) in [6, 6.07) is -0.468. The van der Waals surface area contributed by atoms with E-state index in [4.69, 9.17) is 9.47 Å². The summed E-state index contributed by atoms with van der Waals surface area (Å²) in [5.41, 5.74) is -0.553. The predicted octanol–water partition coefficient (Wildman–Crippen LogP) is 1.51. The van der Waals surface area contributed by atoms with Crippen LogP contribution in [0.3, 0.4) is 0 Å². The van der Waals surface area contributed by atoms with E-state index in [-0.39, 0.29) is 18.3 Å². The van der Waals surface area contributed by atoms with E-state index in [9.17, 15) is 9.59 Å². The molecular formula is C12H21NO4. The molecule has 1 N–H and O–H groups in total. The van der Waals surface area contributed by atoms with Gasteiger partial charge in [0.1, 0.15) is 12.2 Å². The molecule has 1 rings (SSSR count). The van der Waals surface area contributed by atoms with Gasteiger partial charge in [-0.05, 0) is 39.5 Å². The second kappa shape index (κ2) is 5.49. The van der Waals surface area contributed by atoms with Crippen molar-refractivity contribution in [1.82, 2.24) is 5.32 Å². The summed E-state index contributed by atoms with van der Waals surface area (Å²) < 4.78 is 9.93. The fourth-order valence-corrected chi connectivity index (χ4v) is 1.56. The van der Waals surface area contributed by atoms with E-state index in [2.05, 4.69) is 5.32 Å². The molecule has 98 valence electrons. The Morgan fingerprint density at radius 1 is 1.35 bits per heavy atom. The Morgan fingerprint density at radius 2 is 1.94 bits per heavy atom. The van der Waals surface area contributed by atoms with Gasteiger partial charge in [-0.25, -0.2) is 4.79 Å². The lowest BCUT2D eigenvalue weighted by atomic mass is 10.1. The lowest BCUT2D eigenvalue weighted by Crippen LogP contribution is -2.46. The summed E-state index contributed by atoms with van der Waals surface area (Å²) in [7, 11) is 1.47. The maximum atomic E-state index is 11.7. The monoisotopic (exact) mass is 243 g/mol. The maximum Gasteiger partial charge on any atom is 0.408 e. The van der Waals surface area contributed by atoms with Gasteiger partial charge in [-0.2, -0.15) is 0 Å². The summed E-state index contributed by atoms with van der Waals surface area (Å²) in [6.07, 6.45) is 1.39. The van der Waals surface area contributed by atoms with Gasteiger partial charge in [0.25, 0.3) is 0 Å². The van der Waals surface area contributed by atoms with Crippen LogP contribution in [0, 0.1) is 5.92 Å². The second-order valence-corrected chi connectivity index (χ2v) is 5.36. The Kier molecular flexibility index (Phi) is 4.51. The molecule has 0 aromatic rings. The van der Waals surface area contributed by atoms with Crippen molar-refractivity contribution in [2.75, 3.05) is 13.7 Å². The third-order valence-corrected chi connectivity index (χ3v) is 2.40. The summed E-state index contributed by atoms with van der Waals surface area (Å²) in [6.45, 7) is 5.39. The van der Waals surface area contributed by atoms with Crippen LogP contribution in [0.2, 0.25) is 0 Å². The minimum atomic E-state index is -0.553. The van der Waals surface area contributed by atoms with Crippen molar-refractivity contribution in [3.05, 3.63) is 0 Å². The highest BCUT2D eigenvalue weighted by Gasteiger charge is 2.37. The molecule has 0 radical (unpaired) electrons. The number of hydrogen-bond acceptors (Lipinski definition) is 4. The zero-order chi connectivity index (χ0) is 13.1. The van der Waals surface area contributed by atoms with Crippen LogP contribution in [0.5, 0.6) is 0 Å². The van der Waals surface area contributed by atoms with E-state index in [1.165, 1.54) is 7.11 Å². The number of alkyl carbamates (subject to hydrolysis) is 1. The van der Waals surface area contributed by atoms with Gasteiger partial charge >= 0.3 is 6.09 Å². The number of methoxy groups -OCH3 is 1. The molecule has 1 aliphatic carbocycles. The largest absolute Gasteiger partial charge is 0.444 e. The van der Waals surface area contributed by atoms with Crippen LogP contribution in [0.1, 0.15) is 33.6 Å². The number of carbonyl (C=O) groups is 2. The smallest absolute Gasteiger partial charge is 0.408 e. The first kappa shape index (κ1) is 14.0. The van der Waals surface area contributed by atoms with Crippen LogP contribution in [0.4, 0.5) is 4.79 Å². The molecule has 0 aromatic carbocycles. The van der Waals surface area contributed by atoms with Gasteiger partial charge in [-0.1, -0.05) is 0 Å². The van der Waals surface area contributed by atoms with Gasteiger partial charge in [-0.3, -0.25) is 4.79 Å². The highest BCUT2D eigenvalue weighted by molar-refractivity contribution is 5.89. The van der Waals surface area contributed by atoms with Crippen molar-refractivity contribution in [1.29, 1.82) is 0 Å². The number of carbonyl (C=O) groups excluding carboxylic acids is 2. The minimum Gasteiger partial charge on any atom is -0.444 e. The molecule has 0 aliphatic heterocycles. The SMILES string of the molecule is COCC(=O)C(NC(=O)OC(C)(C)C)C1CC1. The second-order valence-electron chi connectivity index (χ2n) is 5.36. The number of nitrogens with one attached hydrogen (secondary N) is 1. The fourth-order valence-electron chi connectivity index (χ4n) is 1.56. The summed E-state index contributed by atoms with van der Waals surface area (Å²) >= 11 is 0. The Hall–Kier alpha value is -1.10. The third kappa shape index (κ3) is 5.17. The number of ketones is 1. The molecule has 0 spiro atoms. The quantitative estimate of drug-likeness (QED) is 0.794. The molecule has 1 fully saturated rings. The molecule has 1 atom stereocenters. The lowest BCUT2D eigenvalue weighted by Gasteiger charge is -2.22. The molecule has 5 nitrogen and oxygen atoms in total. The van der Waals surface area contributed by atoms with Crippen molar-refractivity contribution in [3.63, 3.8) is 0 Å². The van der Waals surface area contributed by atoms with Gasteiger partial charge in [0.05, 0.1) is 6.04 Å². The zero-order valence-corrected chi connectivity index (χ0v) is 10.9. The Morgan fingerprint density at radius 3 is 2.35 bits per heavy atom. The van der Waals surface area contributed by atoms with Crippen LogP contribution in [0.15, 0.2) is 0 Å². The maximum absolute atomic E-state index is 11.7. The van der Waals surface area contributed by atoms with Crippen molar-refractivity contribution >= 4 is 11.9 Å². The molecule has 0 aromatic heterocycles. The normalized spacial score (nSPS) is 17.4. The molecule has 0 bridgehead atoms. The molecule has 1 amide bonds. The van der Waals surface area contributed by atoms with Gasteiger partial charge < -0.3 is 14.8 Å². The first-order valence-electron chi connectivity index (χ1n) is 5.84. The number of ether oxygens (including phenoxy) is 2. The van der Waals surface area contributed by atoms with Crippen molar-refractivity contribution < 1.29 is 19.1 Å². The molecule has 1 aliphatic rings. The Balaban J connectivity index is 2.49. The lowest BCUT2D eigenvalue weighted by molar-refractivity contribution is -0.125. The Bertz CT molecular complexity index is 291. The molecule has 17 heavy (non-hydrogen) atoms. The molecule has 1 saturated carbocycles. The highest BCUT2D eigenvalue weighted by atomic mass is 16.6. The Labute approximate surface area is 102 Å². The van der Waals surface area contributed by atoms with E-state index in [0.29, 0.717) is 0 Å². The van der Waals surface area contributed by atoms with E-state index < -0.39 is 17.7 Å². The number of rotatable bonds is 5. The predicted molar refractivity (Wildman–Crippen MR) is 62.8 cm³/mol. The summed E-state index contributed by atoms with van der Waals surface area (Å²) in [4.78, 5) is 23.3. The molecule has 5 heteroatoms. The standard InChI is InChI=1S/C12H21NO4/c1-12(2,3)17-11(15)13-10(8-5-6-8)9(14)7-16-4/h8,10H,5-7H2,1-4H3,(H,13,15). The molecule has 0 saturated heterocycles. The number of amides is 1. The van der Waals surface area contributed by atoms with Gasteiger partial charge in [0, 0.05) is 7.11 Å². The van der Waals surface area contributed by atoms with E-state index in [1.54, 1.807) is 20.8 Å². The van der Waals surface area contributed by atoms with Crippen LogP contribution < -0.4 is 5.32 Å². The van der Waals surface area contributed by atoms with Crippen molar-refractivity contribution in [2.45, 2.75) is 45.3 Å². The van der Waals surface area contributed by atoms with Crippen LogP contribution in [-0.2, 0) is 14.3 Å². The zero-order valence-electron chi connectivity index (χ0n) is 10.9. The first-order valence-corrected chi connectivity index (χ1v) is 5.84. The number of hydrogen-bond donors (Lipinski definition) is 1. The van der Waals surface area contributed by atoms with Gasteiger partial charge in [0.15, 0.2) is 5.78 Å². The molecular weight excluding hydrogens is 222 g/mol. The van der Waals surface area contributed by atoms with Gasteiger partial charge in [-0.15, -0.1) is 0 Å². The van der Waals surface area contributed by atoms with E-state index >= 15 is 0 Å². The number of Topliss-reactive ketones (excluding diaryl/α,β-unsaturated/α-hetero) is 1. The molecule has 0 heterocycles. The summed E-state index contributed by atoms with van der Waals surface area (Å²) in [5, 5.41) is 2.63. The molecule has 1 unspecified atom stereocenters. The van der Waals surface area contributed by atoms with Crippen LogP contribution >= 0.6 is 0 Å². The van der Waals surface area contributed by atoms with Crippen LogP contribution in [0.25, 0.3) is 0 Å². The fraction of sp³-hybridized carbons (Fsp3) is 0.833. The average molecular weight is 243 g/mol.